The van der Waals surface area contributed by atoms with Crippen molar-refractivity contribution >= 4 is 38.8 Å². The van der Waals surface area contributed by atoms with Gasteiger partial charge in [0.2, 0.25) is 0 Å². The van der Waals surface area contributed by atoms with Gasteiger partial charge in [-0.2, -0.15) is 0 Å². The van der Waals surface area contributed by atoms with Crippen LogP contribution in [-0.2, 0) is 4.74 Å². The van der Waals surface area contributed by atoms with Gasteiger partial charge in [0.15, 0.2) is 0 Å². The molecule has 1 aromatic carbocycles. The summed E-state index contributed by atoms with van der Waals surface area (Å²) in [6.45, 7) is 3.86. The van der Waals surface area contributed by atoms with Crippen LogP contribution in [0.1, 0.15) is 25.3 Å². The van der Waals surface area contributed by atoms with Crippen molar-refractivity contribution in [1.29, 1.82) is 0 Å². The van der Waals surface area contributed by atoms with E-state index in [1.54, 1.807) is 0 Å². The minimum Gasteiger partial charge on any atom is -0.389 e. The lowest BCUT2D eigenvalue weighted by atomic mass is 9.92. The lowest BCUT2D eigenvalue weighted by molar-refractivity contribution is 0.0658. The predicted octanol–water partition coefficient (Wildman–Crippen LogP) is 3.06. The molecule has 3 nitrogen and oxygen atoms in total. The number of hydrogen-bond acceptors (Lipinski definition) is 3. The number of benzene rings is 1. The summed E-state index contributed by atoms with van der Waals surface area (Å²) in [5.74, 6) is 0. The van der Waals surface area contributed by atoms with Gasteiger partial charge in [-0.1, -0.05) is 12.2 Å². The van der Waals surface area contributed by atoms with E-state index in [2.05, 4.69) is 28.2 Å². The molecule has 98 valence electrons. The lowest BCUT2D eigenvalue weighted by Crippen LogP contribution is -2.40. The molecule has 1 saturated heterocycles. The molecule has 2 rings (SSSR count). The Morgan fingerprint density at radius 1 is 1.44 bits per heavy atom. The first-order chi connectivity index (χ1) is 8.50. The maximum Gasteiger partial charge on any atom is 0.105 e. The van der Waals surface area contributed by atoms with Crippen molar-refractivity contribution in [2.75, 3.05) is 18.5 Å². The number of halogens is 1. The zero-order valence-corrected chi connectivity index (χ0v) is 12.7. The maximum absolute atomic E-state index is 5.64. The van der Waals surface area contributed by atoms with Crippen molar-refractivity contribution in [3.8, 4) is 0 Å². The van der Waals surface area contributed by atoms with Crippen LogP contribution in [0.4, 0.5) is 5.69 Å². The largest absolute Gasteiger partial charge is 0.389 e. The van der Waals surface area contributed by atoms with Crippen LogP contribution in [0.15, 0.2) is 22.7 Å². The third-order valence-electron chi connectivity index (χ3n) is 3.28. The lowest BCUT2D eigenvalue weighted by Gasteiger charge is -2.35. The Bertz CT molecular complexity index is 458. The van der Waals surface area contributed by atoms with Crippen molar-refractivity contribution in [3.05, 3.63) is 28.2 Å². The van der Waals surface area contributed by atoms with Crippen LogP contribution >= 0.6 is 28.1 Å². The number of nitrogens with one attached hydrogen (secondary N) is 1. The Morgan fingerprint density at radius 2 is 2.11 bits per heavy atom. The van der Waals surface area contributed by atoms with Crippen LogP contribution in [0.5, 0.6) is 0 Å². The highest BCUT2D eigenvalue weighted by atomic mass is 79.9. The number of ether oxygens (including phenoxy) is 1. The SMILES string of the molecule is CC1(Nc2ccc(C(N)=S)c(Br)c2)CCOCC1. The quantitative estimate of drug-likeness (QED) is 0.837. The van der Waals surface area contributed by atoms with Gasteiger partial charge in [0.25, 0.3) is 0 Å². The van der Waals surface area contributed by atoms with Gasteiger partial charge in [0, 0.05) is 34.5 Å². The Hall–Kier alpha value is -0.650. The van der Waals surface area contributed by atoms with Crippen LogP contribution in [-0.4, -0.2) is 23.7 Å². The van der Waals surface area contributed by atoms with Crippen molar-refractivity contribution < 1.29 is 4.74 Å². The van der Waals surface area contributed by atoms with Crippen LogP contribution in [0.3, 0.4) is 0 Å². The minimum atomic E-state index is 0.0996. The van der Waals surface area contributed by atoms with Gasteiger partial charge in [-0.25, -0.2) is 0 Å². The molecule has 18 heavy (non-hydrogen) atoms. The Labute approximate surface area is 121 Å². The summed E-state index contributed by atoms with van der Waals surface area (Å²) in [5, 5.41) is 3.57. The molecule has 0 radical (unpaired) electrons. The summed E-state index contributed by atoms with van der Waals surface area (Å²) < 4.78 is 6.32. The topological polar surface area (TPSA) is 47.3 Å². The van der Waals surface area contributed by atoms with Crippen LogP contribution in [0.25, 0.3) is 0 Å². The standard InChI is InChI=1S/C13H17BrN2OS/c1-13(4-6-17-7-5-13)16-9-2-3-10(12(15)18)11(14)8-9/h2-3,8,16H,4-7H2,1H3,(H2,15,18). The van der Waals surface area contributed by atoms with E-state index >= 15 is 0 Å². The molecular weight excluding hydrogens is 312 g/mol. The molecular formula is C13H17BrN2OS. The molecule has 0 aromatic heterocycles. The molecule has 0 atom stereocenters. The molecule has 0 aliphatic carbocycles. The van der Waals surface area contributed by atoms with Gasteiger partial charge in [-0.3, -0.25) is 0 Å². The fourth-order valence-corrected chi connectivity index (χ4v) is 2.99. The molecule has 0 saturated carbocycles. The molecule has 1 fully saturated rings. The molecule has 1 heterocycles. The smallest absolute Gasteiger partial charge is 0.105 e. The van der Waals surface area contributed by atoms with Crippen molar-refractivity contribution in [2.24, 2.45) is 5.73 Å². The van der Waals surface area contributed by atoms with E-state index < -0.39 is 0 Å². The van der Waals surface area contributed by atoms with Crippen LogP contribution < -0.4 is 11.1 Å². The predicted molar refractivity (Wildman–Crippen MR) is 82.1 cm³/mol. The van der Waals surface area contributed by atoms with E-state index in [1.165, 1.54) is 0 Å². The molecule has 3 N–H and O–H groups in total. The molecule has 5 heteroatoms. The van der Waals surface area contributed by atoms with E-state index in [1.807, 2.05) is 18.2 Å². The Morgan fingerprint density at radius 3 is 2.67 bits per heavy atom. The highest BCUT2D eigenvalue weighted by Crippen LogP contribution is 2.28. The first-order valence-corrected chi connectivity index (χ1v) is 7.16. The molecule has 0 bridgehead atoms. The molecule has 1 aliphatic rings. The van der Waals surface area contributed by atoms with E-state index in [-0.39, 0.29) is 5.54 Å². The number of nitrogens with two attached hydrogens (primary N) is 1. The molecule has 0 unspecified atom stereocenters. The van der Waals surface area contributed by atoms with Crippen molar-refractivity contribution in [2.45, 2.75) is 25.3 Å². The second-order valence-corrected chi connectivity index (χ2v) is 6.15. The molecule has 1 aromatic rings. The van der Waals surface area contributed by atoms with Crippen molar-refractivity contribution in [1.82, 2.24) is 0 Å². The van der Waals surface area contributed by atoms with E-state index in [0.717, 1.165) is 41.8 Å². The van der Waals surface area contributed by atoms with Gasteiger partial charge < -0.3 is 15.8 Å². The second kappa shape index (κ2) is 5.55. The van der Waals surface area contributed by atoms with Gasteiger partial charge >= 0.3 is 0 Å². The summed E-state index contributed by atoms with van der Waals surface area (Å²) >= 11 is 8.48. The number of thiocarbonyl (C=S) groups is 1. The number of rotatable bonds is 3. The summed E-state index contributed by atoms with van der Waals surface area (Å²) in [5.41, 5.74) is 7.68. The van der Waals surface area contributed by atoms with Crippen molar-refractivity contribution in [3.63, 3.8) is 0 Å². The van der Waals surface area contributed by atoms with Gasteiger partial charge in [0.05, 0.1) is 0 Å². The van der Waals surface area contributed by atoms with Gasteiger partial charge in [0.1, 0.15) is 4.99 Å². The normalized spacial score (nSPS) is 18.3. The highest BCUT2D eigenvalue weighted by Gasteiger charge is 2.27. The average molecular weight is 329 g/mol. The summed E-state index contributed by atoms with van der Waals surface area (Å²) in [6.07, 6.45) is 2.03. The Kier molecular flexibility index (Phi) is 4.25. The summed E-state index contributed by atoms with van der Waals surface area (Å²) in [4.78, 5) is 0.408. The van der Waals surface area contributed by atoms with Crippen LogP contribution in [0, 0.1) is 0 Å². The average Bonchev–Trinajstić information content (AvgIpc) is 2.28. The van der Waals surface area contributed by atoms with Crippen LogP contribution in [0.2, 0.25) is 0 Å². The second-order valence-electron chi connectivity index (χ2n) is 4.86. The molecule has 0 spiro atoms. The fraction of sp³-hybridized carbons (Fsp3) is 0.462. The van der Waals surface area contributed by atoms with Gasteiger partial charge in [-0.05, 0) is 53.9 Å². The first kappa shape index (κ1) is 13.8. The first-order valence-electron chi connectivity index (χ1n) is 5.95. The maximum atomic E-state index is 5.64. The third kappa shape index (κ3) is 3.22. The highest BCUT2D eigenvalue weighted by molar-refractivity contribution is 9.10. The monoisotopic (exact) mass is 328 g/mol. The van der Waals surface area contributed by atoms with Gasteiger partial charge in [-0.15, -0.1) is 0 Å². The summed E-state index contributed by atoms with van der Waals surface area (Å²) in [6, 6.07) is 5.98. The van der Waals surface area contributed by atoms with E-state index in [4.69, 9.17) is 22.7 Å². The molecule has 0 amide bonds. The zero-order valence-electron chi connectivity index (χ0n) is 10.3. The van der Waals surface area contributed by atoms with E-state index in [0.29, 0.717) is 4.99 Å². The summed E-state index contributed by atoms with van der Waals surface area (Å²) in [7, 11) is 0. The zero-order chi connectivity index (χ0) is 13.2. The fourth-order valence-electron chi connectivity index (χ4n) is 2.09. The Balaban J connectivity index is 2.14. The van der Waals surface area contributed by atoms with E-state index in [9.17, 15) is 0 Å². The number of hydrogen-bond donors (Lipinski definition) is 2. The molecule has 1 aliphatic heterocycles. The minimum absolute atomic E-state index is 0.0996. The number of anilines is 1. The third-order valence-corrected chi connectivity index (χ3v) is 4.15.